The van der Waals surface area contributed by atoms with Gasteiger partial charge >= 0.3 is 5.97 Å². The molecule has 0 bridgehead atoms. The highest BCUT2D eigenvalue weighted by Crippen LogP contribution is 2.25. The monoisotopic (exact) mass is 193 g/mol. The maximum atomic E-state index is 10.5. The van der Waals surface area contributed by atoms with Gasteiger partial charge in [-0.05, 0) is 6.42 Å². The summed E-state index contributed by atoms with van der Waals surface area (Å²) in [5.41, 5.74) is 0. The second-order valence-electron chi connectivity index (χ2n) is 3.20. The Hall–Kier alpha value is -0.320. The Balaban J connectivity index is 0.000000720. The van der Waals surface area contributed by atoms with Crippen LogP contribution in [0.15, 0.2) is 0 Å². The lowest BCUT2D eigenvalue weighted by molar-refractivity contribution is -0.139. The number of hydrogen-bond acceptors (Lipinski definition) is 3. The molecular formula is C7H12ClNO3. The summed E-state index contributed by atoms with van der Waals surface area (Å²) < 4.78 is 5.18. The van der Waals surface area contributed by atoms with Crippen LogP contribution in [0.2, 0.25) is 0 Å². The normalized spacial score (nSPS) is 38.8. The number of carboxylic acid groups (broad SMARTS) is 1. The van der Waals surface area contributed by atoms with Crippen molar-refractivity contribution in [2.24, 2.45) is 5.92 Å². The summed E-state index contributed by atoms with van der Waals surface area (Å²) in [5, 5.41) is 11.7. The molecule has 3 atom stereocenters. The lowest BCUT2D eigenvalue weighted by Crippen LogP contribution is -2.36. The molecule has 0 spiro atoms. The lowest BCUT2D eigenvalue weighted by Gasteiger charge is -2.06. The summed E-state index contributed by atoms with van der Waals surface area (Å²) in [4.78, 5) is 10.5. The first-order chi connectivity index (χ1) is 5.27. The minimum Gasteiger partial charge on any atom is -0.480 e. The summed E-state index contributed by atoms with van der Waals surface area (Å²) in [5.74, 6) is -0.310. The molecule has 2 saturated heterocycles. The molecule has 70 valence electrons. The summed E-state index contributed by atoms with van der Waals surface area (Å²) in [6.07, 6.45) is 0.722. The molecule has 0 amide bonds. The third kappa shape index (κ3) is 1.55. The highest BCUT2D eigenvalue weighted by molar-refractivity contribution is 5.85. The molecule has 0 radical (unpaired) electrons. The second-order valence-corrected chi connectivity index (χ2v) is 3.20. The van der Waals surface area contributed by atoms with Crippen molar-refractivity contribution in [2.75, 3.05) is 13.2 Å². The van der Waals surface area contributed by atoms with Crippen molar-refractivity contribution in [3.05, 3.63) is 0 Å². The van der Waals surface area contributed by atoms with E-state index in [9.17, 15) is 4.79 Å². The smallest absolute Gasteiger partial charge is 0.320 e. The van der Waals surface area contributed by atoms with E-state index in [0.29, 0.717) is 12.5 Å². The van der Waals surface area contributed by atoms with Gasteiger partial charge < -0.3 is 9.84 Å². The molecule has 2 heterocycles. The molecule has 0 aromatic carbocycles. The van der Waals surface area contributed by atoms with Gasteiger partial charge in [-0.3, -0.25) is 10.1 Å². The predicted molar refractivity (Wildman–Crippen MR) is 44.5 cm³/mol. The Labute approximate surface area is 76.7 Å². The first-order valence-electron chi connectivity index (χ1n) is 3.84. The molecule has 5 heteroatoms. The van der Waals surface area contributed by atoms with Crippen molar-refractivity contribution >= 4 is 18.4 Å². The van der Waals surface area contributed by atoms with Crippen molar-refractivity contribution in [2.45, 2.75) is 18.5 Å². The molecule has 0 aromatic rings. The van der Waals surface area contributed by atoms with E-state index < -0.39 is 5.97 Å². The Morgan fingerprint density at radius 3 is 2.83 bits per heavy atom. The number of nitrogens with one attached hydrogen (secondary N) is 1. The molecule has 12 heavy (non-hydrogen) atoms. The van der Waals surface area contributed by atoms with Crippen molar-refractivity contribution < 1.29 is 14.6 Å². The van der Waals surface area contributed by atoms with Crippen LogP contribution >= 0.6 is 12.4 Å². The molecular weight excluding hydrogens is 182 g/mol. The van der Waals surface area contributed by atoms with E-state index in [0.717, 1.165) is 13.0 Å². The van der Waals surface area contributed by atoms with E-state index in [4.69, 9.17) is 9.84 Å². The first-order valence-corrected chi connectivity index (χ1v) is 3.84. The molecule has 0 aliphatic carbocycles. The lowest BCUT2D eigenvalue weighted by atomic mass is 10.0. The standard InChI is InChI=1S/C7H11NO3.ClH/c9-7(10)5-1-4-2-11-3-6(4)8-5;/h4-6,8H,1-3H2,(H,9,10);1H. The molecule has 4 nitrogen and oxygen atoms in total. The van der Waals surface area contributed by atoms with Gasteiger partial charge in [0.2, 0.25) is 0 Å². The predicted octanol–water partition coefficient (Wildman–Crippen LogP) is -0.130. The maximum absolute atomic E-state index is 10.5. The van der Waals surface area contributed by atoms with Gasteiger partial charge in [-0.15, -0.1) is 12.4 Å². The molecule has 0 aromatic heterocycles. The molecule has 2 aliphatic heterocycles. The number of rotatable bonds is 1. The SMILES string of the molecule is Cl.O=C(O)C1CC2COCC2N1. The van der Waals surface area contributed by atoms with Crippen LogP contribution in [0.5, 0.6) is 0 Å². The zero-order valence-electron chi connectivity index (χ0n) is 6.53. The molecule has 3 unspecified atom stereocenters. The third-order valence-corrected chi connectivity index (χ3v) is 2.45. The highest BCUT2D eigenvalue weighted by atomic mass is 35.5. The van der Waals surface area contributed by atoms with Crippen molar-refractivity contribution in [1.29, 1.82) is 0 Å². The molecule has 2 N–H and O–H groups in total. The number of aliphatic carboxylic acids is 1. The van der Waals surface area contributed by atoms with Gasteiger partial charge in [-0.1, -0.05) is 0 Å². The Morgan fingerprint density at radius 1 is 1.50 bits per heavy atom. The average Bonchev–Trinajstić information content (AvgIpc) is 2.40. The molecule has 2 aliphatic rings. The zero-order valence-corrected chi connectivity index (χ0v) is 7.34. The summed E-state index contributed by atoms with van der Waals surface area (Å²) >= 11 is 0. The van der Waals surface area contributed by atoms with Crippen LogP contribution < -0.4 is 5.32 Å². The minimum atomic E-state index is -0.737. The van der Waals surface area contributed by atoms with Crippen molar-refractivity contribution in [1.82, 2.24) is 5.32 Å². The third-order valence-electron chi connectivity index (χ3n) is 2.45. The number of halogens is 1. The van der Waals surface area contributed by atoms with Crippen LogP contribution in [0.3, 0.4) is 0 Å². The topological polar surface area (TPSA) is 58.6 Å². The van der Waals surface area contributed by atoms with Crippen LogP contribution in [-0.2, 0) is 9.53 Å². The summed E-state index contributed by atoms with van der Waals surface area (Å²) in [6, 6.07) is -0.0509. The van der Waals surface area contributed by atoms with Gasteiger partial charge in [0.05, 0.1) is 13.2 Å². The van der Waals surface area contributed by atoms with Gasteiger partial charge in [-0.2, -0.15) is 0 Å². The van der Waals surface area contributed by atoms with E-state index in [-0.39, 0.29) is 24.5 Å². The number of hydrogen-bond donors (Lipinski definition) is 2. The van der Waals surface area contributed by atoms with Gasteiger partial charge in [0.25, 0.3) is 0 Å². The van der Waals surface area contributed by atoms with Crippen molar-refractivity contribution in [3.63, 3.8) is 0 Å². The minimum absolute atomic E-state index is 0. The number of fused-ring (bicyclic) bond motifs is 1. The van der Waals surface area contributed by atoms with Crippen LogP contribution in [-0.4, -0.2) is 36.4 Å². The Morgan fingerprint density at radius 2 is 2.25 bits per heavy atom. The largest absolute Gasteiger partial charge is 0.480 e. The fourth-order valence-corrected chi connectivity index (χ4v) is 1.82. The van der Waals surface area contributed by atoms with Crippen LogP contribution in [0, 0.1) is 5.92 Å². The first kappa shape index (κ1) is 9.77. The zero-order chi connectivity index (χ0) is 7.84. The fraction of sp³-hybridized carbons (Fsp3) is 0.857. The van der Waals surface area contributed by atoms with Gasteiger partial charge in [0, 0.05) is 12.0 Å². The van der Waals surface area contributed by atoms with Crippen LogP contribution in [0.25, 0.3) is 0 Å². The van der Waals surface area contributed by atoms with E-state index in [1.54, 1.807) is 0 Å². The number of carbonyl (C=O) groups is 1. The summed E-state index contributed by atoms with van der Waals surface area (Å²) in [7, 11) is 0. The van der Waals surface area contributed by atoms with E-state index >= 15 is 0 Å². The second kappa shape index (κ2) is 3.60. The molecule has 0 saturated carbocycles. The Bertz CT molecular complexity index is 175. The van der Waals surface area contributed by atoms with E-state index in [1.165, 1.54) is 0 Å². The van der Waals surface area contributed by atoms with E-state index in [1.807, 2.05) is 0 Å². The van der Waals surface area contributed by atoms with Crippen LogP contribution in [0.1, 0.15) is 6.42 Å². The maximum Gasteiger partial charge on any atom is 0.320 e. The number of carboxylic acids is 1. The molecule has 2 rings (SSSR count). The van der Waals surface area contributed by atoms with Gasteiger partial charge in [0.15, 0.2) is 0 Å². The van der Waals surface area contributed by atoms with E-state index in [2.05, 4.69) is 5.32 Å². The fourth-order valence-electron chi connectivity index (χ4n) is 1.82. The average molecular weight is 194 g/mol. The number of ether oxygens (including phenoxy) is 1. The van der Waals surface area contributed by atoms with Gasteiger partial charge in [-0.25, -0.2) is 0 Å². The van der Waals surface area contributed by atoms with Gasteiger partial charge in [0.1, 0.15) is 6.04 Å². The molecule has 2 fully saturated rings. The van der Waals surface area contributed by atoms with Crippen LogP contribution in [0.4, 0.5) is 0 Å². The highest BCUT2D eigenvalue weighted by Gasteiger charge is 2.40. The Kier molecular flexibility index (Phi) is 2.93. The van der Waals surface area contributed by atoms with Crippen molar-refractivity contribution in [3.8, 4) is 0 Å². The summed E-state index contributed by atoms with van der Waals surface area (Å²) in [6.45, 7) is 1.40. The quantitative estimate of drug-likeness (QED) is 0.609.